The number of aromatic nitrogens is 5. The molecule has 0 spiro atoms. The average Bonchev–Trinajstić information content (AvgIpc) is 2.92. The maximum absolute atomic E-state index is 5.55. The summed E-state index contributed by atoms with van der Waals surface area (Å²) in [5.74, 6) is 0. The van der Waals surface area contributed by atoms with E-state index in [2.05, 4.69) is 101 Å². The van der Waals surface area contributed by atoms with E-state index in [1.54, 1.807) is 49.2 Å². The number of pyridine rings is 5. The Balaban J connectivity index is -0.000000210. The quantitative estimate of drug-likeness (QED) is 0.136. The van der Waals surface area contributed by atoms with Gasteiger partial charge in [-0.2, -0.15) is 18.2 Å². The first-order valence-electron chi connectivity index (χ1n) is 10.5. The molecule has 0 saturated carbocycles. The average molecular weight is 926 g/mol. The summed E-state index contributed by atoms with van der Waals surface area (Å²) in [6.07, 6.45) is 13.7. The van der Waals surface area contributed by atoms with Crippen LogP contribution >= 0.6 is 86.9 Å². The van der Waals surface area contributed by atoms with E-state index in [9.17, 15) is 0 Å². The summed E-state index contributed by atoms with van der Waals surface area (Å²) < 4.78 is 3.88. The number of rotatable bonds is 0. The molecular weight excluding hydrogens is 904 g/mol. The van der Waals surface area contributed by atoms with Gasteiger partial charge in [0.1, 0.15) is 4.60 Å². The molecule has 0 aromatic carbocycles. The molecule has 42 heavy (non-hydrogen) atoms. The second kappa shape index (κ2) is 31.3. The summed E-state index contributed by atoms with van der Waals surface area (Å²) >= 11 is 24.0. The van der Waals surface area contributed by atoms with Crippen molar-refractivity contribution in [3.05, 3.63) is 143 Å². The van der Waals surface area contributed by atoms with E-state index in [-0.39, 0.29) is 70.9 Å². The summed E-state index contributed by atoms with van der Waals surface area (Å²) in [5, 5.41) is 1.34. The fraction of sp³-hybridized carbons (Fsp3) is 0.0741. The van der Waals surface area contributed by atoms with Crippen molar-refractivity contribution in [3.8, 4) is 0 Å². The van der Waals surface area contributed by atoms with Gasteiger partial charge in [-0.1, -0.05) is 61.8 Å². The van der Waals surface area contributed by atoms with E-state index in [0.717, 1.165) is 29.4 Å². The van der Waals surface area contributed by atoms with Crippen LogP contribution in [0.1, 0.15) is 11.4 Å². The largest absolute Gasteiger partial charge is 2.00 e. The van der Waals surface area contributed by atoms with Crippen LogP contribution in [0.15, 0.2) is 110 Å². The number of hydrogen-bond donors (Lipinski definition) is 0. The zero-order chi connectivity index (χ0) is 28.2. The van der Waals surface area contributed by atoms with Gasteiger partial charge in [-0.3, -0.25) is 9.97 Å². The molecule has 5 heterocycles. The maximum Gasteiger partial charge on any atom is 2.00 e. The Hall–Kier alpha value is 0.362. The molecule has 0 aliphatic rings. The number of nitrogens with zero attached hydrogens (tertiary/aromatic N) is 5. The molecule has 0 radical (unpaired) electrons. The Morgan fingerprint density at radius 2 is 0.976 bits per heavy atom. The summed E-state index contributed by atoms with van der Waals surface area (Å²) in [6, 6.07) is 18.5. The smallest absolute Gasteiger partial charge is 1.00 e. The van der Waals surface area contributed by atoms with E-state index in [4.69, 9.17) is 23.2 Å². The first-order chi connectivity index (χ1) is 18.2. The molecule has 5 nitrogen and oxygen atoms in total. The van der Waals surface area contributed by atoms with Gasteiger partial charge in [0.2, 0.25) is 0 Å². The van der Waals surface area contributed by atoms with E-state index >= 15 is 0 Å². The predicted octanol–water partition coefficient (Wildman–Crippen LogP) is 3.23. The third-order valence-corrected chi connectivity index (χ3v) is 5.92. The Bertz CT molecular complexity index is 1080. The van der Waals surface area contributed by atoms with E-state index in [1.165, 1.54) is 0 Å². The molecule has 0 aliphatic heterocycles. The Labute approximate surface area is 335 Å². The second-order valence-electron chi connectivity index (χ2n) is 6.75. The van der Waals surface area contributed by atoms with Crippen LogP contribution in [0.25, 0.3) is 0 Å². The van der Waals surface area contributed by atoms with Crippen molar-refractivity contribution in [1.82, 2.24) is 24.9 Å². The topological polar surface area (TPSA) is 64.5 Å². The maximum atomic E-state index is 5.55. The van der Waals surface area contributed by atoms with Crippen molar-refractivity contribution in [2.24, 2.45) is 0 Å². The fourth-order valence-corrected chi connectivity index (χ4v) is 3.02. The second-order valence-corrected chi connectivity index (χ2v) is 11.2. The van der Waals surface area contributed by atoms with Gasteiger partial charge in [0.25, 0.3) is 0 Å². The van der Waals surface area contributed by atoms with Gasteiger partial charge in [-0.05, 0) is 98.0 Å². The van der Waals surface area contributed by atoms with Gasteiger partial charge in [0, 0.05) is 38.9 Å². The van der Waals surface area contributed by atoms with E-state index in [0.29, 0.717) is 10.0 Å². The van der Waals surface area contributed by atoms with Gasteiger partial charge in [0.05, 0.1) is 5.02 Å². The van der Waals surface area contributed by atoms with E-state index < -0.39 is 0 Å². The molecule has 0 aliphatic carbocycles. The predicted molar refractivity (Wildman–Crippen MR) is 181 cm³/mol. The van der Waals surface area contributed by atoms with Crippen molar-refractivity contribution in [2.75, 3.05) is 0 Å². The Morgan fingerprint density at radius 3 is 1.21 bits per heavy atom. The SMILES string of the molecule is Brc1cc[c-]nc1.Brc1ccc(Br)nc1.Cc1ccc(Br)cn1.Cc1ccc(Cl)cn1.Clc1cc[c-]nc1.[Cl-].[Cl-].[Mg+2].[Mg+2]. The van der Waals surface area contributed by atoms with Crippen LogP contribution in [0.5, 0.6) is 0 Å². The van der Waals surface area contributed by atoms with Crippen LogP contribution in [0, 0.1) is 26.2 Å². The number of halogens is 8. The van der Waals surface area contributed by atoms with Crippen LogP contribution < -0.4 is 24.8 Å². The molecule has 0 N–H and O–H groups in total. The minimum atomic E-state index is 0. The summed E-state index contributed by atoms with van der Waals surface area (Å²) in [4.78, 5) is 19.3. The Kier molecular flexibility index (Phi) is 36.8. The molecule has 0 fully saturated rings. The van der Waals surface area contributed by atoms with Crippen molar-refractivity contribution in [1.29, 1.82) is 0 Å². The summed E-state index contributed by atoms with van der Waals surface area (Å²) in [6.45, 7) is 3.89. The van der Waals surface area contributed by atoms with Gasteiger partial charge in [-0.15, -0.1) is 17.7 Å². The first-order valence-corrected chi connectivity index (χ1v) is 14.5. The summed E-state index contributed by atoms with van der Waals surface area (Å²) in [5.41, 5.74) is 2.04. The van der Waals surface area contributed by atoms with Gasteiger partial charge >= 0.3 is 46.1 Å². The van der Waals surface area contributed by atoms with Crippen LogP contribution in [-0.4, -0.2) is 71.0 Å². The normalized spacial score (nSPS) is 8.19. The van der Waals surface area contributed by atoms with Crippen molar-refractivity contribution >= 4 is 133 Å². The number of aryl methyl sites for hydroxylation is 2. The van der Waals surface area contributed by atoms with Crippen molar-refractivity contribution < 1.29 is 24.8 Å². The third-order valence-electron chi connectivity index (χ3n) is 3.60. The van der Waals surface area contributed by atoms with Crippen LogP contribution in [-0.2, 0) is 0 Å². The fourth-order valence-electron chi connectivity index (χ4n) is 1.86. The minimum Gasteiger partial charge on any atom is -1.00 e. The van der Waals surface area contributed by atoms with Crippen LogP contribution in [0.2, 0.25) is 10.0 Å². The Morgan fingerprint density at radius 1 is 0.524 bits per heavy atom. The molecular formula is C27H21Br4Cl4Mg2N5. The molecule has 214 valence electrons. The first kappa shape index (κ1) is 49.2. The zero-order valence-electron chi connectivity index (χ0n) is 22.3. The molecule has 5 aromatic rings. The van der Waals surface area contributed by atoms with Gasteiger partial charge in [0.15, 0.2) is 0 Å². The molecule has 0 atom stereocenters. The van der Waals surface area contributed by atoms with Crippen molar-refractivity contribution in [3.63, 3.8) is 0 Å². The standard InChI is InChI=1S/C6H6BrN.C6H6ClN.C5H3Br2N.C5H3BrN.C5H3ClN.2ClH.2Mg/c2*1-5-2-3-6(7)4-8-5;6-4-1-2-5(7)8-3-4;2*6-5-2-1-3-7-4-5;;;;/h2*2-4H,1H3;1-3H;2*1-2,4H;2*1H;;/q;;;2*-1;;;2*+2/p-2. The molecule has 0 unspecified atom stereocenters. The zero-order valence-corrected chi connectivity index (χ0v) is 34.5. The molecule has 0 saturated heterocycles. The minimum absolute atomic E-state index is 0. The monoisotopic (exact) mass is 919 g/mol. The van der Waals surface area contributed by atoms with Gasteiger partial charge < -0.3 is 34.8 Å². The van der Waals surface area contributed by atoms with Crippen molar-refractivity contribution in [2.45, 2.75) is 13.8 Å². The molecule has 5 aromatic heterocycles. The van der Waals surface area contributed by atoms with Gasteiger partial charge in [-0.25, -0.2) is 4.98 Å². The van der Waals surface area contributed by atoms with Crippen LogP contribution in [0.4, 0.5) is 0 Å². The molecule has 15 heteroatoms. The summed E-state index contributed by atoms with van der Waals surface area (Å²) in [7, 11) is 0. The van der Waals surface area contributed by atoms with E-state index in [1.807, 2.05) is 56.3 Å². The number of hydrogen-bond acceptors (Lipinski definition) is 5. The van der Waals surface area contributed by atoms with Crippen LogP contribution in [0.3, 0.4) is 0 Å². The molecule has 0 bridgehead atoms. The molecule has 0 amide bonds. The third kappa shape index (κ3) is 29.1. The molecule has 5 rings (SSSR count).